The Balaban J connectivity index is 0.648. The standard InChI is InChI=1S/C48H53Cl2N11O5/c1-31(44-38(49)26-51-27-39(44)50)66-36-7-8-40-37(24-36)45(55-54-40)33-2-9-41(52-25-33)60-29-48(30-60)14-19-59(28-48)46(64)32-10-16-58(17-11-32)43(63)13-15-56-20-22-57(23-21-56)34-3-5-35(6-4-34)61-18-12-42(62)53-47(61)65/h2-9,24-27,31-32H,10-23,28-30H2,1H3,(H,54,55)(H,53,62,65)/t31-/m1/s1. The van der Waals surface area contributed by atoms with E-state index in [0.717, 1.165) is 105 Å². The number of hydrogen-bond donors (Lipinski definition) is 2. The summed E-state index contributed by atoms with van der Waals surface area (Å²) in [6, 6.07) is 17.4. The highest BCUT2D eigenvalue weighted by Crippen LogP contribution is 2.43. The van der Waals surface area contributed by atoms with Crippen LogP contribution < -0.4 is 24.8 Å². The topological polar surface area (TPSA) is 163 Å². The van der Waals surface area contributed by atoms with E-state index in [0.29, 0.717) is 66.7 Å². The van der Waals surface area contributed by atoms with Gasteiger partial charge in [0, 0.05) is 149 Å². The fourth-order valence-corrected chi connectivity index (χ4v) is 11.0. The first-order chi connectivity index (χ1) is 32.0. The Morgan fingerprint density at radius 3 is 2.29 bits per heavy atom. The number of aromatic amines is 1. The van der Waals surface area contributed by atoms with Crippen molar-refractivity contribution in [2.45, 2.75) is 45.1 Å². The number of rotatable bonds is 11. The number of hydrogen-bond acceptors (Lipinski definition) is 11. The van der Waals surface area contributed by atoms with E-state index in [1.807, 2.05) is 72.6 Å². The molecule has 5 amide bonds. The summed E-state index contributed by atoms with van der Waals surface area (Å²) in [5, 5.41) is 11.9. The Morgan fingerprint density at radius 2 is 1.58 bits per heavy atom. The second kappa shape index (κ2) is 18.4. The summed E-state index contributed by atoms with van der Waals surface area (Å²) in [4.78, 5) is 72.2. The van der Waals surface area contributed by atoms with Crippen molar-refractivity contribution in [2.75, 3.05) is 93.2 Å². The number of amides is 5. The lowest BCUT2D eigenvalue weighted by molar-refractivity contribution is -0.140. The number of nitrogens with one attached hydrogen (secondary N) is 2. The van der Waals surface area contributed by atoms with Crippen LogP contribution in [0.2, 0.25) is 10.0 Å². The minimum atomic E-state index is -0.395. The number of imide groups is 1. The van der Waals surface area contributed by atoms with Gasteiger partial charge in [-0.2, -0.15) is 5.10 Å². The maximum absolute atomic E-state index is 13.8. The molecule has 2 aromatic carbocycles. The van der Waals surface area contributed by atoms with Gasteiger partial charge in [0.2, 0.25) is 17.7 Å². The zero-order chi connectivity index (χ0) is 45.5. The maximum Gasteiger partial charge on any atom is 0.328 e. The zero-order valence-electron chi connectivity index (χ0n) is 36.9. The van der Waals surface area contributed by atoms with Crippen molar-refractivity contribution in [2.24, 2.45) is 11.3 Å². The number of pyridine rings is 2. The molecule has 0 saturated carbocycles. The minimum absolute atomic E-state index is 0.0412. The highest BCUT2D eigenvalue weighted by Gasteiger charge is 2.50. The van der Waals surface area contributed by atoms with Crippen molar-refractivity contribution in [1.29, 1.82) is 0 Å². The molecule has 10 rings (SSSR count). The van der Waals surface area contributed by atoms with E-state index in [1.165, 1.54) is 0 Å². The summed E-state index contributed by atoms with van der Waals surface area (Å²) >= 11 is 12.8. The van der Waals surface area contributed by atoms with Crippen LogP contribution in [-0.4, -0.2) is 137 Å². The van der Waals surface area contributed by atoms with E-state index in [2.05, 4.69) is 40.1 Å². The summed E-state index contributed by atoms with van der Waals surface area (Å²) in [6.45, 7) is 10.9. The highest BCUT2D eigenvalue weighted by atomic mass is 35.5. The van der Waals surface area contributed by atoms with Crippen molar-refractivity contribution in [3.05, 3.63) is 88.8 Å². The number of aromatic nitrogens is 4. The number of nitrogens with zero attached hydrogens (tertiary/aromatic N) is 9. The molecule has 16 nitrogen and oxygen atoms in total. The largest absolute Gasteiger partial charge is 0.486 e. The molecular weight excluding hydrogens is 882 g/mol. The van der Waals surface area contributed by atoms with Gasteiger partial charge in [-0.3, -0.25) is 39.6 Å². The smallest absolute Gasteiger partial charge is 0.328 e. The van der Waals surface area contributed by atoms with Crippen LogP contribution >= 0.6 is 23.2 Å². The van der Waals surface area contributed by atoms with Crippen LogP contribution in [0.3, 0.4) is 0 Å². The van der Waals surface area contributed by atoms with Gasteiger partial charge < -0.3 is 24.3 Å². The lowest BCUT2D eigenvalue weighted by atomic mass is 9.79. The second-order valence-electron chi connectivity index (χ2n) is 18.3. The summed E-state index contributed by atoms with van der Waals surface area (Å²) in [7, 11) is 0. The number of carbonyl (C=O) groups is 4. The molecule has 0 aliphatic carbocycles. The molecular formula is C48H53Cl2N11O5. The molecule has 1 spiro atoms. The molecule has 5 saturated heterocycles. The highest BCUT2D eigenvalue weighted by molar-refractivity contribution is 6.35. The maximum atomic E-state index is 13.8. The van der Waals surface area contributed by atoms with Crippen LogP contribution in [0.25, 0.3) is 22.2 Å². The average molecular weight is 935 g/mol. The van der Waals surface area contributed by atoms with Crippen LogP contribution in [0.5, 0.6) is 5.75 Å². The molecule has 3 aromatic heterocycles. The fraction of sp³-hybridized carbons (Fsp3) is 0.438. The predicted molar refractivity (Wildman–Crippen MR) is 253 cm³/mol. The lowest BCUT2D eigenvalue weighted by Gasteiger charge is -2.48. The van der Waals surface area contributed by atoms with Gasteiger partial charge in [0.15, 0.2) is 0 Å². The number of benzene rings is 2. The number of carbonyl (C=O) groups excluding carboxylic acids is 4. The number of ether oxygens (including phenoxy) is 1. The first-order valence-corrected chi connectivity index (χ1v) is 23.7. The third kappa shape index (κ3) is 8.97. The van der Waals surface area contributed by atoms with Gasteiger partial charge in [-0.25, -0.2) is 9.78 Å². The number of piperazine rings is 1. The zero-order valence-corrected chi connectivity index (χ0v) is 38.4. The lowest BCUT2D eigenvalue weighted by Crippen LogP contribution is -2.58. The third-order valence-electron chi connectivity index (χ3n) is 14.1. The quantitative estimate of drug-likeness (QED) is 0.151. The number of H-pyrrole nitrogens is 1. The molecule has 66 heavy (non-hydrogen) atoms. The van der Waals surface area contributed by atoms with Crippen LogP contribution in [0.1, 0.15) is 50.7 Å². The Labute approximate surface area is 393 Å². The van der Waals surface area contributed by atoms with Crippen LogP contribution in [0, 0.1) is 11.3 Å². The Morgan fingerprint density at radius 1 is 0.833 bits per heavy atom. The van der Waals surface area contributed by atoms with E-state index < -0.39 is 6.10 Å². The molecule has 5 aromatic rings. The number of likely N-dealkylation sites (tertiary alicyclic amines) is 2. The summed E-state index contributed by atoms with van der Waals surface area (Å²) < 4.78 is 6.26. The molecule has 0 bridgehead atoms. The van der Waals surface area contributed by atoms with Gasteiger partial charge in [-0.1, -0.05) is 23.2 Å². The molecule has 8 heterocycles. The molecule has 0 radical (unpaired) electrons. The number of urea groups is 1. The third-order valence-corrected chi connectivity index (χ3v) is 14.7. The van der Waals surface area contributed by atoms with E-state index in [4.69, 9.17) is 32.9 Å². The fourth-order valence-electron chi connectivity index (χ4n) is 10.3. The number of anilines is 3. The molecule has 18 heteroatoms. The molecule has 344 valence electrons. The van der Waals surface area contributed by atoms with Gasteiger partial charge >= 0.3 is 6.03 Å². The van der Waals surface area contributed by atoms with Gasteiger partial charge in [0.25, 0.3) is 0 Å². The van der Waals surface area contributed by atoms with Crippen molar-refractivity contribution >= 4 is 75.1 Å². The first kappa shape index (κ1) is 43.9. The normalized spacial score (nSPS) is 19.7. The Bertz CT molecular complexity index is 2600. The van der Waals surface area contributed by atoms with E-state index in [-0.39, 0.29) is 35.1 Å². The number of piperidine rings is 1. The van der Waals surface area contributed by atoms with Gasteiger partial charge in [0.05, 0.1) is 15.6 Å². The molecule has 0 unspecified atom stereocenters. The van der Waals surface area contributed by atoms with Gasteiger partial charge in [-0.15, -0.1) is 0 Å². The second-order valence-corrected chi connectivity index (χ2v) is 19.1. The Hall–Kier alpha value is -5.97. The van der Waals surface area contributed by atoms with E-state index in [1.54, 1.807) is 17.3 Å². The monoisotopic (exact) mass is 933 g/mol. The summed E-state index contributed by atoms with van der Waals surface area (Å²) in [5.74, 6) is 1.69. The van der Waals surface area contributed by atoms with Gasteiger partial charge in [0.1, 0.15) is 23.4 Å². The molecule has 5 aliphatic heterocycles. The van der Waals surface area contributed by atoms with Gasteiger partial charge in [-0.05, 0) is 80.8 Å². The van der Waals surface area contributed by atoms with E-state index >= 15 is 0 Å². The van der Waals surface area contributed by atoms with Crippen molar-refractivity contribution < 1.29 is 23.9 Å². The summed E-state index contributed by atoms with van der Waals surface area (Å²) in [5.41, 5.74) is 5.17. The SMILES string of the molecule is C[C@@H](Oc1ccc2[nH]nc(-c3ccc(N4CC5(CCN(C(=O)C6CCN(C(=O)CCN7CCN(c8ccc(N9CCC(=O)NC9=O)cc8)CC7)CC6)C5)C4)nc3)c2c1)c1c(Cl)cncc1Cl. The minimum Gasteiger partial charge on any atom is -0.486 e. The van der Waals surface area contributed by atoms with Crippen LogP contribution in [-0.2, 0) is 14.4 Å². The molecule has 5 aliphatic rings. The van der Waals surface area contributed by atoms with Crippen molar-refractivity contribution in [1.82, 2.24) is 40.2 Å². The number of halogens is 2. The van der Waals surface area contributed by atoms with Crippen molar-refractivity contribution in [3.8, 4) is 17.0 Å². The van der Waals surface area contributed by atoms with E-state index in [9.17, 15) is 19.2 Å². The molecule has 1 atom stereocenters. The summed E-state index contributed by atoms with van der Waals surface area (Å²) in [6.07, 6.45) is 7.76. The average Bonchev–Trinajstić information content (AvgIpc) is 3.96. The van der Waals surface area contributed by atoms with Crippen molar-refractivity contribution in [3.63, 3.8) is 0 Å². The van der Waals surface area contributed by atoms with Crippen LogP contribution in [0.4, 0.5) is 22.0 Å². The predicted octanol–water partition coefficient (Wildman–Crippen LogP) is 6.40. The first-order valence-electron chi connectivity index (χ1n) is 22.9. The van der Waals surface area contributed by atoms with Crippen LogP contribution in [0.15, 0.2) is 73.2 Å². The number of fused-ring (bicyclic) bond motifs is 1. The Kier molecular flexibility index (Phi) is 12.2. The molecule has 2 N–H and O–H groups in total. The molecule has 5 fully saturated rings.